The van der Waals surface area contributed by atoms with E-state index in [0.29, 0.717) is 11.4 Å². The maximum atomic E-state index is 12.3. The van der Waals surface area contributed by atoms with Crippen molar-refractivity contribution in [2.24, 2.45) is 0 Å². The van der Waals surface area contributed by atoms with E-state index in [1.54, 1.807) is 24.4 Å². The lowest BCUT2D eigenvalue weighted by Crippen LogP contribution is -2.28. The van der Waals surface area contributed by atoms with Crippen LogP contribution in [0.4, 0.5) is 0 Å². The molecule has 108 valence electrons. The van der Waals surface area contributed by atoms with E-state index in [9.17, 15) is 14.4 Å². The van der Waals surface area contributed by atoms with Crippen LogP contribution in [0, 0.1) is 0 Å². The van der Waals surface area contributed by atoms with Gasteiger partial charge in [0.1, 0.15) is 11.3 Å². The van der Waals surface area contributed by atoms with E-state index in [1.165, 1.54) is 23.6 Å². The molecular weight excluding hydrogens is 272 g/mol. The molecule has 0 radical (unpaired) electrons. The molecule has 0 saturated carbocycles. The number of carboxylic acid groups (broad SMARTS) is 1. The third-order valence-electron chi connectivity index (χ3n) is 3.02. The highest BCUT2D eigenvalue weighted by Crippen LogP contribution is 2.15. The van der Waals surface area contributed by atoms with Crippen LogP contribution in [-0.4, -0.2) is 26.4 Å². The first kappa shape index (κ1) is 14.6. The summed E-state index contributed by atoms with van der Waals surface area (Å²) in [4.78, 5) is 38.6. The van der Waals surface area contributed by atoms with Crippen molar-refractivity contribution in [3.8, 4) is 11.4 Å². The van der Waals surface area contributed by atoms with Gasteiger partial charge in [-0.2, -0.15) is 0 Å². The lowest BCUT2D eigenvalue weighted by molar-refractivity contribution is -0.117. The molecule has 0 aliphatic carbocycles. The smallest absolute Gasteiger partial charge is 0.341 e. The van der Waals surface area contributed by atoms with Crippen LogP contribution >= 0.6 is 0 Å². The Hall–Kier alpha value is -2.76. The molecule has 0 aromatic carbocycles. The van der Waals surface area contributed by atoms with Crippen molar-refractivity contribution in [3.63, 3.8) is 0 Å². The van der Waals surface area contributed by atoms with E-state index in [0.717, 1.165) is 0 Å². The highest BCUT2D eigenvalue weighted by atomic mass is 16.4. The zero-order valence-electron chi connectivity index (χ0n) is 11.4. The summed E-state index contributed by atoms with van der Waals surface area (Å²) in [6.45, 7) is 1.55. The molecule has 0 fully saturated rings. The number of rotatable bonds is 5. The lowest BCUT2D eigenvalue weighted by Gasteiger charge is -2.12. The van der Waals surface area contributed by atoms with Crippen LogP contribution < -0.4 is 5.56 Å². The van der Waals surface area contributed by atoms with Gasteiger partial charge in [0.15, 0.2) is 0 Å². The van der Waals surface area contributed by atoms with Crippen LogP contribution in [0.5, 0.6) is 0 Å². The Balaban J connectivity index is 2.59. The first-order valence-electron chi connectivity index (χ1n) is 6.38. The summed E-state index contributed by atoms with van der Waals surface area (Å²) in [6.07, 6.45) is 1.74. The maximum Gasteiger partial charge on any atom is 0.341 e. The number of pyridine rings is 2. The van der Waals surface area contributed by atoms with Gasteiger partial charge in [-0.15, -0.1) is 0 Å². The molecule has 0 spiro atoms. The second-order valence-corrected chi connectivity index (χ2v) is 4.56. The minimum Gasteiger partial charge on any atom is -0.477 e. The summed E-state index contributed by atoms with van der Waals surface area (Å²) in [5.74, 6) is -1.36. The van der Waals surface area contributed by atoms with Gasteiger partial charge >= 0.3 is 5.97 Å². The van der Waals surface area contributed by atoms with Crippen molar-refractivity contribution in [1.29, 1.82) is 0 Å². The third-order valence-corrected chi connectivity index (χ3v) is 3.02. The average molecular weight is 286 g/mol. The quantitative estimate of drug-likeness (QED) is 0.901. The van der Waals surface area contributed by atoms with E-state index < -0.39 is 11.5 Å². The summed E-state index contributed by atoms with van der Waals surface area (Å²) < 4.78 is 1.28. The summed E-state index contributed by atoms with van der Waals surface area (Å²) in [7, 11) is 0. The molecule has 6 heteroatoms. The van der Waals surface area contributed by atoms with Crippen molar-refractivity contribution < 1.29 is 14.7 Å². The predicted octanol–water partition coefficient (Wildman–Crippen LogP) is 1.59. The monoisotopic (exact) mass is 286 g/mol. The molecule has 0 atom stereocenters. The second kappa shape index (κ2) is 6.13. The van der Waals surface area contributed by atoms with E-state index in [-0.39, 0.29) is 24.3 Å². The number of nitrogens with zero attached hydrogens (tertiary/aromatic N) is 2. The highest BCUT2D eigenvalue weighted by Gasteiger charge is 2.15. The number of hydrogen-bond donors (Lipinski definition) is 1. The van der Waals surface area contributed by atoms with Gasteiger partial charge in [-0.1, -0.05) is 6.07 Å². The molecule has 6 nitrogen and oxygen atoms in total. The van der Waals surface area contributed by atoms with Crippen LogP contribution in [0.3, 0.4) is 0 Å². The molecule has 2 rings (SSSR count). The average Bonchev–Trinajstić information content (AvgIpc) is 2.46. The zero-order valence-corrected chi connectivity index (χ0v) is 11.4. The van der Waals surface area contributed by atoms with Crippen LogP contribution in [0.1, 0.15) is 23.7 Å². The topological polar surface area (TPSA) is 89.3 Å². The van der Waals surface area contributed by atoms with Crippen LogP contribution in [-0.2, 0) is 11.3 Å². The van der Waals surface area contributed by atoms with Crippen molar-refractivity contribution in [1.82, 2.24) is 9.55 Å². The van der Waals surface area contributed by atoms with Gasteiger partial charge in [0.2, 0.25) is 0 Å². The molecule has 1 N–H and O–H groups in total. The normalized spacial score (nSPS) is 10.3. The standard InChI is InChI=1S/C15H14N2O4/c1-10(18)7-9-17-13(12-4-2-3-8-16-12)6-5-11(14(17)19)15(20)21/h2-6,8H,7,9H2,1H3,(H,20,21). The number of Topliss-reactive ketones (excluding diaryl/α,β-unsaturated/α-hetero) is 1. The van der Waals surface area contributed by atoms with Crippen molar-refractivity contribution >= 4 is 11.8 Å². The third kappa shape index (κ3) is 3.22. The first-order valence-corrected chi connectivity index (χ1v) is 6.38. The Morgan fingerprint density at radius 3 is 2.57 bits per heavy atom. The van der Waals surface area contributed by atoms with Gasteiger partial charge in [-0.05, 0) is 31.2 Å². The van der Waals surface area contributed by atoms with Crippen LogP contribution in [0.25, 0.3) is 11.4 Å². The van der Waals surface area contributed by atoms with Gasteiger partial charge in [0.25, 0.3) is 5.56 Å². The Morgan fingerprint density at radius 1 is 1.24 bits per heavy atom. The molecule has 0 aliphatic heterocycles. The summed E-state index contributed by atoms with van der Waals surface area (Å²) in [6, 6.07) is 8.03. The number of aromatic nitrogens is 2. The molecule has 0 bridgehead atoms. The molecular formula is C15H14N2O4. The molecule has 2 aromatic rings. The van der Waals surface area contributed by atoms with Crippen LogP contribution in [0.15, 0.2) is 41.3 Å². The minimum absolute atomic E-state index is 0.0744. The SMILES string of the molecule is CC(=O)CCn1c(-c2ccccn2)ccc(C(=O)O)c1=O. The lowest BCUT2D eigenvalue weighted by atomic mass is 10.1. The van der Waals surface area contributed by atoms with Gasteiger partial charge in [-0.25, -0.2) is 4.79 Å². The Morgan fingerprint density at radius 2 is 2.00 bits per heavy atom. The summed E-state index contributed by atoms with van der Waals surface area (Å²) in [5.41, 5.74) is 0.0899. The number of carboxylic acids is 1. The zero-order chi connectivity index (χ0) is 15.4. The van der Waals surface area contributed by atoms with Crippen molar-refractivity contribution in [2.45, 2.75) is 19.9 Å². The van der Waals surface area contributed by atoms with Crippen molar-refractivity contribution in [3.05, 3.63) is 52.4 Å². The molecule has 0 unspecified atom stereocenters. The fraction of sp³-hybridized carbons (Fsp3) is 0.200. The largest absolute Gasteiger partial charge is 0.477 e. The van der Waals surface area contributed by atoms with Gasteiger partial charge < -0.3 is 9.67 Å². The van der Waals surface area contributed by atoms with E-state index in [2.05, 4.69) is 4.98 Å². The van der Waals surface area contributed by atoms with Gasteiger partial charge in [-0.3, -0.25) is 14.6 Å². The molecule has 2 aromatic heterocycles. The second-order valence-electron chi connectivity index (χ2n) is 4.56. The molecule has 0 saturated heterocycles. The predicted molar refractivity (Wildman–Crippen MR) is 76.2 cm³/mol. The van der Waals surface area contributed by atoms with Gasteiger partial charge in [0.05, 0.1) is 11.4 Å². The summed E-state index contributed by atoms with van der Waals surface area (Å²) in [5, 5.41) is 9.03. The van der Waals surface area contributed by atoms with E-state index in [1.807, 2.05) is 0 Å². The number of carbonyl (C=O) groups is 2. The number of carbonyl (C=O) groups excluding carboxylic acids is 1. The number of aromatic carboxylic acids is 1. The van der Waals surface area contributed by atoms with E-state index >= 15 is 0 Å². The Labute approximate surface area is 120 Å². The fourth-order valence-corrected chi connectivity index (χ4v) is 1.97. The molecule has 2 heterocycles. The molecule has 21 heavy (non-hydrogen) atoms. The molecule has 0 aliphatic rings. The maximum absolute atomic E-state index is 12.3. The number of ketones is 1. The number of hydrogen-bond acceptors (Lipinski definition) is 4. The first-order chi connectivity index (χ1) is 10.0. The Kier molecular flexibility index (Phi) is 4.27. The Bertz CT molecular complexity index is 735. The highest BCUT2D eigenvalue weighted by molar-refractivity contribution is 5.87. The van der Waals surface area contributed by atoms with E-state index in [4.69, 9.17) is 5.11 Å². The minimum atomic E-state index is -1.29. The fourth-order valence-electron chi connectivity index (χ4n) is 1.97. The van der Waals surface area contributed by atoms with Crippen molar-refractivity contribution in [2.75, 3.05) is 0 Å². The van der Waals surface area contributed by atoms with Gasteiger partial charge in [0, 0.05) is 19.2 Å². The molecule has 0 amide bonds. The summed E-state index contributed by atoms with van der Waals surface area (Å²) >= 11 is 0. The van der Waals surface area contributed by atoms with Crippen LogP contribution in [0.2, 0.25) is 0 Å².